The fourth-order valence-corrected chi connectivity index (χ4v) is 1.62. The highest BCUT2D eigenvalue weighted by Crippen LogP contribution is 2.32. The van der Waals surface area contributed by atoms with Gasteiger partial charge in [0.05, 0.1) is 18.5 Å². The van der Waals surface area contributed by atoms with Gasteiger partial charge >= 0.3 is 0 Å². The van der Waals surface area contributed by atoms with Crippen molar-refractivity contribution in [1.82, 2.24) is 0 Å². The van der Waals surface area contributed by atoms with Crippen LogP contribution in [0.2, 0.25) is 0 Å². The molecule has 0 saturated heterocycles. The molecule has 3 nitrogen and oxygen atoms in total. The van der Waals surface area contributed by atoms with Crippen molar-refractivity contribution < 1.29 is 9.15 Å². The Morgan fingerprint density at radius 3 is 2.75 bits per heavy atom. The molecule has 0 bridgehead atoms. The second-order valence-electron chi connectivity index (χ2n) is 4.26. The highest BCUT2D eigenvalue weighted by Gasteiger charge is 2.14. The monoisotopic (exact) mass is 219 g/mol. The Kier molecular flexibility index (Phi) is 3.15. The molecule has 2 aromatic rings. The minimum absolute atomic E-state index is 0.363. The lowest BCUT2D eigenvalue weighted by Gasteiger charge is -2.08. The molecule has 1 aromatic heterocycles. The van der Waals surface area contributed by atoms with Crippen molar-refractivity contribution in [3.8, 4) is 5.75 Å². The first-order valence-electron chi connectivity index (χ1n) is 5.55. The molecular weight excluding hydrogens is 202 g/mol. The molecule has 0 fully saturated rings. The molecule has 1 heterocycles. The van der Waals surface area contributed by atoms with Gasteiger partial charge in [-0.15, -0.1) is 0 Å². The van der Waals surface area contributed by atoms with Crippen LogP contribution >= 0.6 is 0 Å². The zero-order valence-electron chi connectivity index (χ0n) is 9.69. The van der Waals surface area contributed by atoms with E-state index in [9.17, 15) is 0 Å². The lowest BCUT2D eigenvalue weighted by Crippen LogP contribution is -2.06. The van der Waals surface area contributed by atoms with E-state index in [0.717, 1.165) is 22.5 Å². The van der Waals surface area contributed by atoms with Crippen LogP contribution < -0.4 is 10.5 Å². The molecular formula is C13H17NO2. The summed E-state index contributed by atoms with van der Waals surface area (Å²) in [4.78, 5) is 0. The number of hydrogen-bond acceptors (Lipinski definition) is 3. The summed E-state index contributed by atoms with van der Waals surface area (Å²) in [6.45, 7) is 5.27. The van der Waals surface area contributed by atoms with Crippen LogP contribution in [-0.2, 0) is 6.54 Å². The predicted molar refractivity (Wildman–Crippen MR) is 64.4 cm³/mol. The molecule has 0 spiro atoms. The Hall–Kier alpha value is -1.48. The number of benzene rings is 1. The molecule has 0 radical (unpaired) electrons. The summed E-state index contributed by atoms with van der Waals surface area (Å²) in [5.74, 6) is 2.01. The third-order valence-electron chi connectivity index (χ3n) is 2.36. The maximum atomic E-state index is 5.77. The summed E-state index contributed by atoms with van der Waals surface area (Å²) in [5.41, 5.74) is 6.48. The molecule has 0 saturated carbocycles. The third kappa shape index (κ3) is 2.04. The first-order chi connectivity index (χ1) is 7.72. The molecule has 0 aliphatic carbocycles. The van der Waals surface area contributed by atoms with Gasteiger partial charge in [0, 0.05) is 0 Å². The maximum absolute atomic E-state index is 5.77. The highest BCUT2D eigenvalue weighted by atomic mass is 16.5. The molecule has 16 heavy (non-hydrogen) atoms. The summed E-state index contributed by atoms with van der Waals surface area (Å²) in [6.07, 6.45) is 0. The van der Waals surface area contributed by atoms with Crippen molar-refractivity contribution in [2.75, 3.05) is 6.61 Å². The van der Waals surface area contributed by atoms with Gasteiger partial charge in [-0.05, 0) is 18.1 Å². The van der Waals surface area contributed by atoms with E-state index in [2.05, 4.69) is 13.8 Å². The summed E-state index contributed by atoms with van der Waals surface area (Å²) in [6, 6.07) is 7.84. The van der Waals surface area contributed by atoms with Crippen LogP contribution in [-0.4, -0.2) is 6.61 Å². The number of fused-ring (bicyclic) bond motifs is 1. The second kappa shape index (κ2) is 4.58. The lowest BCUT2D eigenvalue weighted by atomic mass is 10.2. The van der Waals surface area contributed by atoms with Crippen molar-refractivity contribution in [3.63, 3.8) is 0 Å². The number of ether oxygens (including phenoxy) is 1. The van der Waals surface area contributed by atoms with Gasteiger partial charge in [-0.1, -0.05) is 26.0 Å². The van der Waals surface area contributed by atoms with Crippen LogP contribution in [0, 0.1) is 5.92 Å². The van der Waals surface area contributed by atoms with Crippen molar-refractivity contribution in [3.05, 3.63) is 30.0 Å². The largest absolute Gasteiger partial charge is 0.489 e. The topological polar surface area (TPSA) is 48.4 Å². The summed E-state index contributed by atoms with van der Waals surface area (Å²) in [7, 11) is 0. The van der Waals surface area contributed by atoms with Gasteiger partial charge in [0.15, 0.2) is 11.5 Å². The zero-order valence-corrected chi connectivity index (χ0v) is 9.69. The van der Waals surface area contributed by atoms with Crippen molar-refractivity contribution >= 4 is 11.0 Å². The third-order valence-corrected chi connectivity index (χ3v) is 2.36. The molecule has 1 aromatic carbocycles. The van der Waals surface area contributed by atoms with E-state index < -0.39 is 0 Å². The van der Waals surface area contributed by atoms with Crippen LogP contribution in [0.1, 0.15) is 19.6 Å². The first-order valence-corrected chi connectivity index (χ1v) is 5.55. The molecule has 2 rings (SSSR count). The van der Waals surface area contributed by atoms with E-state index in [1.165, 1.54) is 0 Å². The first kappa shape index (κ1) is 11.0. The molecule has 0 amide bonds. The summed E-state index contributed by atoms with van der Waals surface area (Å²) in [5, 5.41) is 1.00. The molecule has 2 N–H and O–H groups in total. The lowest BCUT2D eigenvalue weighted by molar-refractivity contribution is 0.266. The minimum atomic E-state index is 0.363. The Morgan fingerprint density at radius 2 is 2.06 bits per heavy atom. The average Bonchev–Trinajstić information content (AvgIpc) is 2.64. The Labute approximate surface area is 95.2 Å². The second-order valence-corrected chi connectivity index (χ2v) is 4.26. The number of nitrogens with two attached hydrogens (primary N) is 1. The minimum Gasteiger partial charge on any atom is -0.489 e. The SMILES string of the molecule is CC(C)COc1c(CN)oc2ccccc12. The Morgan fingerprint density at radius 1 is 1.31 bits per heavy atom. The standard InChI is InChI=1S/C13H17NO2/c1-9(2)8-15-13-10-5-3-4-6-11(10)16-12(13)7-14/h3-6,9H,7-8,14H2,1-2H3. The van der Waals surface area contributed by atoms with Crippen LogP contribution in [0.3, 0.4) is 0 Å². The number of hydrogen-bond donors (Lipinski definition) is 1. The molecule has 86 valence electrons. The molecule has 0 atom stereocenters. The molecule has 0 unspecified atom stereocenters. The number of furan rings is 1. The van der Waals surface area contributed by atoms with Gasteiger partial charge in [-0.3, -0.25) is 0 Å². The van der Waals surface area contributed by atoms with Crippen molar-refractivity contribution in [1.29, 1.82) is 0 Å². The molecule has 0 aliphatic rings. The Bertz CT molecular complexity index is 474. The normalized spacial score (nSPS) is 11.2. The predicted octanol–water partition coefficient (Wildman–Crippen LogP) is 2.93. The van der Waals surface area contributed by atoms with Gasteiger partial charge in [0.1, 0.15) is 5.58 Å². The van der Waals surface area contributed by atoms with E-state index in [0.29, 0.717) is 19.1 Å². The van der Waals surface area contributed by atoms with E-state index >= 15 is 0 Å². The van der Waals surface area contributed by atoms with Gasteiger partial charge in [-0.25, -0.2) is 0 Å². The van der Waals surface area contributed by atoms with Gasteiger partial charge in [0.25, 0.3) is 0 Å². The van der Waals surface area contributed by atoms with Crippen molar-refractivity contribution in [2.24, 2.45) is 11.7 Å². The molecule has 0 aliphatic heterocycles. The molecule has 3 heteroatoms. The zero-order chi connectivity index (χ0) is 11.5. The van der Waals surface area contributed by atoms with Crippen molar-refractivity contribution in [2.45, 2.75) is 20.4 Å². The quantitative estimate of drug-likeness (QED) is 0.860. The summed E-state index contributed by atoms with van der Waals surface area (Å²) >= 11 is 0. The van der Waals surface area contributed by atoms with Crippen LogP contribution in [0.25, 0.3) is 11.0 Å². The van der Waals surface area contributed by atoms with Crippen LogP contribution in [0.4, 0.5) is 0 Å². The Balaban J connectivity index is 2.39. The van der Waals surface area contributed by atoms with E-state index in [4.69, 9.17) is 14.9 Å². The van der Waals surface area contributed by atoms with Crippen LogP contribution in [0.5, 0.6) is 5.75 Å². The fraction of sp³-hybridized carbons (Fsp3) is 0.385. The van der Waals surface area contributed by atoms with Gasteiger partial charge in [-0.2, -0.15) is 0 Å². The smallest absolute Gasteiger partial charge is 0.169 e. The average molecular weight is 219 g/mol. The van der Waals surface area contributed by atoms with E-state index in [1.807, 2.05) is 24.3 Å². The van der Waals surface area contributed by atoms with Crippen LogP contribution in [0.15, 0.2) is 28.7 Å². The maximum Gasteiger partial charge on any atom is 0.169 e. The fourth-order valence-electron chi connectivity index (χ4n) is 1.62. The van der Waals surface area contributed by atoms with Gasteiger partial charge in [0.2, 0.25) is 0 Å². The van der Waals surface area contributed by atoms with E-state index in [-0.39, 0.29) is 0 Å². The number of rotatable bonds is 4. The number of para-hydroxylation sites is 1. The van der Waals surface area contributed by atoms with E-state index in [1.54, 1.807) is 0 Å². The highest BCUT2D eigenvalue weighted by molar-refractivity contribution is 5.85. The van der Waals surface area contributed by atoms with Gasteiger partial charge < -0.3 is 14.9 Å². The summed E-state index contributed by atoms with van der Waals surface area (Å²) < 4.78 is 11.4.